The highest BCUT2D eigenvalue weighted by Gasteiger charge is 2.20. The van der Waals surface area contributed by atoms with Crippen LogP contribution in [0.3, 0.4) is 0 Å². The Labute approximate surface area is 134 Å². The molecule has 1 unspecified atom stereocenters. The summed E-state index contributed by atoms with van der Waals surface area (Å²) in [5.74, 6) is 0. The zero-order valence-corrected chi connectivity index (χ0v) is 12.9. The van der Waals surface area contributed by atoms with E-state index in [1.165, 1.54) is 0 Å². The highest BCUT2D eigenvalue weighted by Crippen LogP contribution is 2.14. The van der Waals surface area contributed by atoms with Gasteiger partial charge in [-0.3, -0.25) is 0 Å². The first-order valence-electron chi connectivity index (χ1n) is 7.61. The molecule has 3 rings (SSSR count). The minimum Gasteiger partial charge on any atom is -0.390 e. The number of amides is 2. The number of hydrogen-bond donors (Lipinski definition) is 2. The van der Waals surface area contributed by atoms with Crippen LogP contribution in [0.1, 0.15) is 19.8 Å². The summed E-state index contributed by atoms with van der Waals surface area (Å²) in [6.07, 6.45) is 5.13. The van der Waals surface area contributed by atoms with Gasteiger partial charge < -0.3 is 15.5 Å². The van der Waals surface area contributed by atoms with E-state index in [9.17, 15) is 4.79 Å². The molecule has 0 spiro atoms. The number of urea groups is 1. The topological polar surface area (TPSA) is 80.5 Å². The number of nitrogens with one attached hydrogen (secondary N) is 2. The van der Waals surface area contributed by atoms with Crippen molar-refractivity contribution in [2.75, 3.05) is 11.9 Å². The molecule has 1 atom stereocenters. The Morgan fingerprint density at radius 2 is 2.35 bits per heavy atom. The van der Waals surface area contributed by atoms with Crippen molar-refractivity contribution in [1.82, 2.24) is 15.1 Å². The number of benzene rings is 1. The van der Waals surface area contributed by atoms with E-state index in [1.807, 2.05) is 43.5 Å². The predicted molar refractivity (Wildman–Crippen MR) is 87.8 cm³/mol. The number of carbonyl (C=O) groups is 1. The minimum absolute atomic E-state index is 0.0777. The largest absolute Gasteiger partial charge is 0.390 e. The summed E-state index contributed by atoms with van der Waals surface area (Å²) >= 11 is 0. The van der Waals surface area contributed by atoms with Crippen molar-refractivity contribution in [3.8, 4) is 5.69 Å². The zero-order chi connectivity index (χ0) is 16.1. The molecule has 0 saturated carbocycles. The van der Waals surface area contributed by atoms with Crippen LogP contribution in [-0.2, 0) is 4.84 Å². The number of aromatic nitrogens is 2. The second-order valence-corrected chi connectivity index (χ2v) is 5.28. The molecule has 2 aromatic rings. The summed E-state index contributed by atoms with van der Waals surface area (Å²) in [5.41, 5.74) is 2.62. The van der Waals surface area contributed by atoms with E-state index in [1.54, 1.807) is 10.9 Å². The second-order valence-electron chi connectivity index (χ2n) is 5.28. The van der Waals surface area contributed by atoms with Crippen molar-refractivity contribution in [3.63, 3.8) is 0 Å². The zero-order valence-electron chi connectivity index (χ0n) is 12.9. The molecule has 1 aromatic heterocycles. The molecule has 1 aliphatic heterocycles. The van der Waals surface area contributed by atoms with Gasteiger partial charge in [0, 0.05) is 24.5 Å². The number of rotatable bonds is 5. The van der Waals surface area contributed by atoms with Gasteiger partial charge in [-0.25, -0.2) is 9.48 Å². The summed E-state index contributed by atoms with van der Waals surface area (Å²) in [7, 11) is 0. The van der Waals surface area contributed by atoms with Gasteiger partial charge in [0.15, 0.2) is 0 Å². The van der Waals surface area contributed by atoms with E-state index in [0.717, 1.165) is 24.2 Å². The molecule has 1 aromatic carbocycles. The van der Waals surface area contributed by atoms with Crippen LogP contribution in [0, 0.1) is 0 Å². The Kier molecular flexibility index (Phi) is 4.56. The van der Waals surface area contributed by atoms with Crippen LogP contribution >= 0.6 is 0 Å². The average molecular weight is 313 g/mol. The number of carbonyl (C=O) groups excluding carboxylic acids is 1. The first-order chi connectivity index (χ1) is 11.2. The maximum atomic E-state index is 12.0. The molecule has 1 aliphatic rings. The Balaban J connectivity index is 1.51. The van der Waals surface area contributed by atoms with Crippen molar-refractivity contribution in [1.29, 1.82) is 0 Å². The fraction of sp³-hybridized carbons (Fsp3) is 0.312. The third-order valence-corrected chi connectivity index (χ3v) is 3.57. The van der Waals surface area contributed by atoms with Crippen LogP contribution in [0.2, 0.25) is 0 Å². The monoisotopic (exact) mass is 313 g/mol. The Morgan fingerprint density at radius 3 is 3.09 bits per heavy atom. The standard InChI is InChI=1S/C16H19N5O2/c1-2-12-10-15(23-20-12)11-17-16(22)19-13-5-3-6-14(9-13)21-8-4-7-18-21/h3-9,15H,2,10-11H2,1H3,(H2,17,19,22). The quantitative estimate of drug-likeness (QED) is 0.890. The molecular formula is C16H19N5O2. The van der Waals surface area contributed by atoms with Gasteiger partial charge >= 0.3 is 6.03 Å². The number of nitrogens with zero attached hydrogens (tertiary/aromatic N) is 3. The average Bonchev–Trinajstić information content (AvgIpc) is 3.25. The third-order valence-electron chi connectivity index (χ3n) is 3.57. The fourth-order valence-electron chi connectivity index (χ4n) is 2.33. The van der Waals surface area contributed by atoms with Gasteiger partial charge in [0.25, 0.3) is 0 Å². The van der Waals surface area contributed by atoms with Gasteiger partial charge in [-0.2, -0.15) is 5.10 Å². The van der Waals surface area contributed by atoms with E-state index in [4.69, 9.17) is 4.84 Å². The van der Waals surface area contributed by atoms with E-state index in [-0.39, 0.29) is 12.1 Å². The Morgan fingerprint density at radius 1 is 1.43 bits per heavy atom. The van der Waals surface area contributed by atoms with Gasteiger partial charge in [0.05, 0.1) is 17.9 Å². The van der Waals surface area contributed by atoms with Gasteiger partial charge in [-0.1, -0.05) is 18.1 Å². The Hall–Kier alpha value is -2.83. The maximum Gasteiger partial charge on any atom is 0.319 e. The third kappa shape index (κ3) is 3.88. The van der Waals surface area contributed by atoms with E-state index in [0.29, 0.717) is 12.2 Å². The molecule has 0 aliphatic carbocycles. The summed E-state index contributed by atoms with van der Waals surface area (Å²) in [5, 5.41) is 13.8. The van der Waals surface area contributed by atoms with Crippen molar-refractivity contribution in [2.24, 2.45) is 5.16 Å². The van der Waals surface area contributed by atoms with Gasteiger partial charge in [-0.15, -0.1) is 0 Å². The first kappa shape index (κ1) is 15.1. The molecular weight excluding hydrogens is 294 g/mol. The molecule has 0 radical (unpaired) electrons. The highest BCUT2D eigenvalue weighted by atomic mass is 16.6. The van der Waals surface area contributed by atoms with Crippen LogP contribution in [0.5, 0.6) is 0 Å². The molecule has 0 saturated heterocycles. The lowest BCUT2D eigenvalue weighted by Gasteiger charge is -2.11. The molecule has 2 N–H and O–H groups in total. The summed E-state index contributed by atoms with van der Waals surface area (Å²) in [6, 6.07) is 9.06. The lowest BCUT2D eigenvalue weighted by Crippen LogP contribution is -2.35. The van der Waals surface area contributed by atoms with Crippen LogP contribution in [-0.4, -0.2) is 34.2 Å². The van der Waals surface area contributed by atoms with Crippen molar-refractivity contribution in [2.45, 2.75) is 25.9 Å². The van der Waals surface area contributed by atoms with Crippen molar-refractivity contribution in [3.05, 3.63) is 42.7 Å². The highest BCUT2D eigenvalue weighted by molar-refractivity contribution is 5.89. The van der Waals surface area contributed by atoms with E-state index >= 15 is 0 Å². The summed E-state index contributed by atoms with van der Waals surface area (Å²) in [4.78, 5) is 17.2. The fourth-order valence-corrected chi connectivity index (χ4v) is 2.33. The number of hydrogen-bond acceptors (Lipinski definition) is 4. The molecule has 0 fully saturated rings. The molecule has 0 bridgehead atoms. The normalized spacial score (nSPS) is 16.6. The lowest BCUT2D eigenvalue weighted by molar-refractivity contribution is 0.0870. The summed E-state index contributed by atoms with van der Waals surface area (Å²) in [6.45, 7) is 2.47. The van der Waals surface area contributed by atoms with Crippen LogP contribution < -0.4 is 10.6 Å². The molecule has 2 heterocycles. The van der Waals surface area contributed by atoms with Crippen molar-refractivity contribution >= 4 is 17.4 Å². The first-order valence-corrected chi connectivity index (χ1v) is 7.61. The SMILES string of the molecule is CCC1=NOC(CNC(=O)Nc2cccc(-n3cccn3)c2)C1. The predicted octanol–water partition coefficient (Wildman–Crippen LogP) is 2.55. The summed E-state index contributed by atoms with van der Waals surface area (Å²) < 4.78 is 1.74. The molecule has 23 heavy (non-hydrogen) atoms. The second kappa shape index (κ2) is 6.95. The maximum absolute atomic E-state index is 12.0. The lowest BCUT2D eigenvalue weighted by atomic mass is 10.1. The van der Waals surface area contributed by atoms with Crippen LogP contribution in [0.4, 0.5) is 10.5 Å². The van der Waals surface area contributed by atoms with Gasteiger partial charge in [-0.05, 0) is 30.7 Å². The molecule has 2 amide bonds. The van der Waals surface area contributed by atoms with E-state index in [2.05, 4.69) is 20.9 Å². The molecule has 7 nitrogen and oxygen atoms in total. The number of oxime groups is 1. The molecule has 120 valence electrons. The van der Waals surface area contributed by atoms with Crippen LogP contribution in [0.15, 0.2) is 47.9 Å². The Bertz CT molecular complexity index is 696. The minimum atomic E-state index is -0.267. The molecule has 7 heteroatoms. The van der Waals surface area contributed by atoms with E-state index < -0.39 is 0 Å². The smallest absolute Gasteiger partial charge is 0.319 e. The van der Waals surface area contributed by atoms with Gasteiger partial charge in [0.2, 0.25) is 0 Å². The van der Waals surface area contributed by atoms with Crippen LogP contribution in [0.25, 0.3) is 5.69 Å². The number of anilines is 1. The van der Waals surface area contributed by atoms with Gasteiger partial charge in [0.1, 0.15) is 6.10 Å². The van der Waals surface area contributed by atoms with Crippen molar-refractivity contribution < 1.29 is 9.63 Å².